The quantitative estimate of drug-likeness (QED) is 0.239. The highest BCUT2D eigenvalue weighted by atomic mass is 32.2. The van der Waals surface area contributed by atoms with Gasteiger partial charge >= 0.3 is 0 Å². The summed E-state index contributed by atoms with van der Waals surface area (Å²) in [6.45, 7) is 9.42. The molecule has 0 amide bonds. The first-order valence-corrected chi connectivity index (χ1v) is 11.7. The summed E-state index contributed by atoms with van der Waals surface area (Å²) < 4.78 is 24.4. The number of nitrogens with zero attached hydrogens (tertiary/aromatic N) is 4. The second-order valence-corrected chi connectivity index (χ2v) is 8.50. The van der Waals surface area contributed by atoms with Crippen LogP contribution in [0.5, 0.6) is 5.75 Å². The van der Waals surface area contributed by atoms with Crippen molar-refractivity contribution in [2.75, 3.05) is 18.9 Å². The fourth-order valence-corrected chi connectivity index (χ4v) is 4.47. The van der Waals surface area contributed by atoms with E-state index in [1.54, 1.807) is 43.3 Å². The third-order valence-electron chi connectivity index (χ3n) is 5.22. The van der Waals surface area contributed by atoms with Gasteiger partial charge in [0.15, 0.2) is 0 Å². The van der Waals surface area contributed by atoms with Crippen LogP contribution in [0.15, 0.2) is 58.0 Å². The van der Waals surface area contributed by atoms with Gasteiger partial charge in [-0.15, -0.1) is 0 Å². The fraction of sp³-hybridized carbons (Fsp3) is 0.154. The molecule has 10 heteroatoms. The summed E-state index contributed by atoms with van der Waals surface area (Å²) in [5.74, 6) is 1.50. The van der Waals surface area contributed by atoms with E-state index in [9.17, 15) is 9.65 Å². The number of halogens is 1. The zero-order valence-electron chi connectivity index (χ0n) is 19.2. The molecule has 0 saturated heterocycles. The Morgan fingerprint density at radius 2 is 1.86 bits per heavy atom. The number of aromatic nitrogens is 2. The maximum Gasteiger partial charge on any atom is 0.236 e. The molecule has 36 heavy (non-hydrogen) atoms. The third-order valence-corrected chi connectivity index (χ3v) is 6.21. The molecule has 8 nitrogen and oxygen atoms in total. The van der Waals surface area contributed by atoms with E-state index >= 15 is 0 Å². The van der Waals surface area contributed by atoms with Crippen molar-refractivity contribution in [1.82, 2.24) is 9.97 Å². The number of aliphatic hydroxyl groups is 1. The van der Waals surface area contributed by atoms with E-state index in [0.717, 1.165) is 0 Å². The van der Waals surface area contributed by atoms with Crippen molar-refractivity contribution in [2.45, 2.75) is 17.7 Å². The lowest BCUT2D eigenvalue weighted by Gasteiger charge is -2.13. The molecule has 3 N–H and O–H groups in total. The number of anilines is 1. The molecule has 2 heterocycles. The minimum atomic E-state index is -0.350. The van der Waals surface area contributed by atoms with Crippen LogP contribution < -0.4 is 10.5 Å². The molecule has 0 fully saturated rings. The number of hydrogen-bond acceptors (Lipinski definition) is 8. The lowest BCUT2D eigenvalue weighted by atomic mass is 10.00. The monoisotopic (exact) mass is 501 g/mol. The van der Waals surface area contributed by atoms with E-state index in [1.165, 1.54) is 23.9 Å². The minimum Gasteiger partial charge on any atom is -0.491 e. The van der Waals surface area contributed by atoms with Gasteiger partial charge in [-0.05, 0) is 48.9 Å². The molecule has 0 bridgehead atoms. The van der Waals surface area contributed by atoms with Crippen molar-refractivity contribution < 1.29 is 18.7 Å². The Morgan fingerprint density at radius 1 is 1.17 bits per heavy atom. The molecule has 0 saturated carbocycles. The zero-order valence-corrected chi connectivity index (χ0v) is 20.0. The number of thioether (sulfide) groups is 1. The van der Waals surface area contributed by atoms with Gasteiger partial charge in [0.05, 0.1) is 24.4 Å². The van der Waals surface area contributed by atoms with Crippen molar-refractivity contribution in [3.63, 3.8) is 0 Å². The summed E-state index contributed by atoms with van der Waals surface area (Å²) in [4.78, 5) is 12.4. The number of benzene rings is 2. The van der Waals surface area contributed by atoms with E-state index in [-0.39, 0.29) is 36.1 Å². The maximum absolute atomic E-state index is 13.2. The molecule has 0 radical (unpaired) electrons. The van der Waals surface area contributed by atoms with Gasteiger partial charge in [-0.3, -0.25) is 0 Å². The number of pyridine rings is 1. The number of oxazole rings is 1. The number of nitrogen functional groups attached to an aromatic ring is 1. The maximum atomic E-state index is 13.2. The summed E-state index contributed by atoms with van der Waals surface area (Å²) in [5, 5.41) is 19.3. The predicted molar refractivity (Wildman–Crippen MR) is 134 cm³/mol. The molecule has 0 atom stereocenters. The van der Waals surface area contributed by atoms with Crippen LogP contribution in [0.1, 0.15) is 17.0 Å². The van der Waals surface area contributed by atoms with Crippen molar-refractivity contribution in [3.8, 4) is 34.4 Å². The SMILES string of the molecule is [C-]#[N+]c1c(N)nc(SCc2nc(-c3ccc(F)cc3)oc2C)c(C#N)c1-c1ccc(OCCO)cc1. The van der Waals surface area contributed by atoms with Gasteiger partial charge < -0.3 is 20.0 Å². The Labute approximate surface area is 211 Å². The predicted octanol–water partition coefficient (Wildman–Crippen LogP) is 5.52. The Kier molecular flexibility index (Phi) is 7.50. The number of rotatable bonds is 8. The third kappa shape index (κ3) is 5.15. The Morgan fingerprint density at radius 3 is 2.50 bits per heavy atom. The molecule has 2 aromatic carbocycles. The Hall–Kier alpha value is -4.38. The molecule has 0 aliphatic carbocycles. The highest BCUT2D eigenvalue weighted by molar-refractivity contribution is 7.98. The summed E-state index contributed by atoms with van der Waals surface area (Å²) in [6.07, 6.45) is 0. The van der Waals surface area contributed by atoms with Gasteiger partial charge in [0, 0.05) is 16.9 Å². The first kappa shape index (κ1) is 24.7. The number of nitriles is 1. The molecule has 0 aliphatic heterocycles. The number of aliphatic hydroxyl groups excluding tert-OH is 1. The highest BCUT2D eigenvalue weighted by Gasteiger charge is 2.22. The van der Waals surface area contributed by atoms with E-state index in [0.29, 0.717) is 50.6 Å². The number of hydrogen-bond donors (Lipinski definition) is 2. The number of nitrogens with two attached hydrogens (primary N) is 1. The van der Waals surface area contributed by atoms with Crippen LogP contribution in [-0.4, -0.2) is 28.3 Å². The largest absolute Gasteiger partial charge is 0.491 e. The summed E-state index contributed by atoms with van der Waals surface area (Å²) in [5.41, 5.74) is 8.72. The molecule has 4 aromatic rings. The van der Waals surface area contributed by atoms with Gasteiger partial charge in [-0.25, -0.2) is 19.2 Å². The normalized spacial score (nSPS) is 10.6. The lowest BCUT2D eigenvalue weighted by molar-refractivity contribution is 0.201. The molecule has 180 valence electrons. The molecular formula is C26H20FN5O3S. The summed E-state index contributed by atoms with van der Waals surface area (Å²) in [6, 6.07) is 14.9. The molecular weight excluding hydrogens is 481 g/mol. The second kappa shape index (κ2) is 10.9. The van der Waals surface area contributed by atoms with Crippen molar-refractivity contribution in [2.24, 2.45) is 0 Å². The van der Waals surface area contributed by atoms with Crippen LogP contribution in [0, 0.1) is 30.6 Å². The first-order chi connectivity index (χ1) is 17.4. The van der Waals surface area contributed by atoms with Crippen LogP contribution >= 0.6 is 11.8 Å². The van der Waals surface area contributed by atoms with E-state index < -0.39 is 0 Å². The van der Waals surface area contributed by atoms with Crippen LogP contribution in [-0.2, 0) is 5.75 Å². The van der Waals surface area contributed by atoms with Crippen LogP contribution in [0.25, 0.3) is 27.4 Å². The van der Waals surface area contributed by atoms with Gasteiger partial charge in [-0.1, -0.05) is 23.9 Å². The minimum absolute atomic E-state index is 0.0194. The van der Waals surface area contributed by atoms with Gasteiger partial charge in [0.1, 0.15) is 40.8 Å². The Balaban J connectivity index is 1.66. The average Bonchev–Trinajstić information content (AvgIpc) is 3.26. The number of aryl methyl sites for hydroxylation is 1. The van der Waals surface area contributed by atoms with E-state index in [4.69, 9.17) is 26.6 Å². The zero-order chi connectivity index (χ0) is 25.7. The fourth-order valence-electron chi connectivity index (χ4n) is 3.47. The van der Waals surface area contributed by atoms with Gasteiger partial charge in [-0.2, -0.15) is 5.26 Å². The topological polar surface area (TPSA) is 123 Å². The van der Waals surface area contributed by atoms with Gasteiger partial charge in [0.25, 0.3) is 0 Å². The Bertz CT molecular complexity index is 1470. The van der Waals surface area contributed by atoms with Crippen molar-refractivity contribution in [3.05, 3.63) is 82.8 Å². The smallest absolute Gasteiger partial charge is 0.236 e. The molecule has 0 unspecified atom stereocenters. The summed E-state index contributed by atoms with van der Waals surface area (Å²) in [7, 11) is 0. The van der Waals surface area contributed by atoms with Gasteiger partial charge in [0.2, 0.25) is 11.6 Å². The standard InChI is InChI=1S/C26H20FN5O3S/c1-15-21(31-25(35-15)17-3-7-18(27)8-4-17)14-36-26-20(13-28)22(23(30-2)24(29)32-26)16-5-9-19(10-6-16)34-12-11-33/h3-10,33H,11-12,14H2,1H3,(H2,29,32). The number of ether oxygens (including phenoxy) is 1. The molecule has 0 aliphatic rings. The average molecular weight is 502 g/mol. The first-order valence-electron chi connectivity index (χ1n) is 10.7. The van der Waals surface area contributed by atoms with Crippen LogP contribution in [0.2, 0.25) is 0 Å². The van der Waals surface area contributed by atoms with Crippen LogP contribution in [0.4, 0.5) is 15.9 Å². The lowest BCUT2D eigenvalue weighted by Crippen LogP contribution is -2.02. The van der Waals surface area contributed by atoms with Crippen molar-refractivity contribution >= 4 is 23.3 Å². The molecule has 2 aromatic heterocycles. The highest BCUT2D eigenvalue weighted by Crippen LogP contribution is 2.42. The van der Waals surface area contributed by atoms with E-state index in [1.807, 2.05) is 0 Å². The van der Waals surface area contributed by atoms with E-state index in [2.05, 4.69) is 20.9 Å². The molecule has 0 spiro atoms. The molecule has 4 rings (SSSR count). The summed E-state index contributed by atoms with van der Waals surface area (Å²) >= 11 is 1.25. The van der Waals surface area contributed by atoms with Crippen LogP contribution in [0.3, 0.4) is 0 Å². The second-order valence-electron chi connectivity index (χ2n) is 7.54. The van der Waals surface area contributed by atoms with Crippen molar-refractivity contribution in [1.29, 1.82) is 5.26 Å².